The topological polar surface area (TPSA) is 80.6 Å². The van der Waals surface area contributed by atoms with Gasteiger partial charge in [0.05, 0.1) is 16.8 Å². The van der Waals surface area contributed by atoms with Crippen molar-refractivity contribution in [2.24, 2.45) is 5.10 Å². The number of anilines is 1. The highest BCUT2D eigenvalue weighted by Gasteiger charge is 2.14. The van der Waals surface area contributed by atoms with Crippen LogP contribution in [0.5, 0.6) is 0 Å². The third-order valence-electron chi connectivity index (χ3n) is 3.18. The second kappa shape index (κ2) is 6.50. The summed E-state index contributed by atoms with van der Waals surface area (Å²) in [6.07, 6.45) is 1.45. The number of aryl methyl sites for hydroxylation is 1. The number of hydrazone groups is 1. The molecule has 0 aliphatic heterocycles. The zero-order valence-electron chi connectivity index (χ0n) is 12.4. The van der Waals surface area contributed by atoms with Gasteiger partial charge in [-0.2, -0.15) is 5.10 Å². The van der Waals surface area contributed by atoms with Gasteiger partial charge in [-0.3, -0.25) is 4.79 Å². The highest BCUT2D eigenvalue weighted by Crippen LogP contribution is 2.33. The molecule has 2 aromatic heterocycles. The van der Waals surface area contributed by atoms with Gasteiger partial charge in [-0.05, 0) is 30.7 Å². The van der Waals surface area contributed by atoms with Gasteiger partial charge in [0.2, 0.25) is 0 Å². The maximum absolute atomic E-state index is 12.2. The molecule has 1 amide bonds. The molecule has 0 saturated carbocycles. The summed E-state index contributed by atoms with van der Waals surface area (Å²) in [5.41, 5.74) is 9.86. The molecule has 2 heterocycles. The van der Waals surface area contributed by atoms with Crippen LogP contribution in [-0.2, 0) is 0 Å². The zero-order chi connectivity index (χ0) is 16.2. The number of hydrogen-bond donors (Lipinski definition) is 2. The smallest absolute Gasteiger partial charge is 0.274 e. The molecule has 3 aromatic rings. The van der Waals surface area contributed by atoms with E-state index in [1.54, 1.807) is 12.1 Å². The highest BCUT2D eigenvalue weighted by molar-refractivity contribution is 7.19. The molecule has 5 nitrogen and oxygen atoms in total. The lowest BCUT2D eigenvalue weighted by Crippen LogP contribution is -2.17. The molecular formula is C17H15N3O2S. The molecule has 0 unspecified atom stereocenters. The molecule has 0 aliphatic rings. The molecular weight excluding hydrogens is 310 g/mol. The van der Waals surface area contributed by atoms with Gasteiger partial charge in [-0.1, -0.05) is 30.3 Å². The minimum atomic E-state index is -0.347. The summed E-state index contributed by atoms with van der Waals surface area (Å²) in [4.78, 5) is 13.1. The molecule has 23 heavy (non-hydrogen) atoms. The Balaban J connectivity index is 1.73. The highest BCUT2D eigenvalue weighted by atomic mass is 32.1. The van der Waals surface area contributed by atoms with Crippen molar-refractivity contribution in [1.29, 1.82) is 0 Å². The molecule has 0 spiro atoms. The second-order valence-electron chi connectivity index (χ2n) is 4.90. The number of nitrogens with one attached hydrogen (secondary N) is 1. The maximum Gasteiger partial charge on any atom is 0.274 e. The van der Waals surface area contributed by atoms with Crippen LogP contribution in [0.2, 0.25) is 0 Å². The van der Waals surface area contributed by atoms with Crippen LogP contribution in [0.1, 0.15) is 21.9 Å². The average molecular weight is 325 g/mol. The van der Waals surface area contributed by atoms with Crippen LogP contribution in [0.15, 0.2) is 58.0 Å². The first-order valence-corrected chi connectivity index (χ1v) is 7.79. The Morgan fingerprint density at radius 2 is 2.04 bits per heavy atom. The molecule has 0 aliphatic carbocycles. The fourth-order valence-electron chi connectivity index (χ4n) is 2.06. The lowest BCUT2D eigenvalue weighted by molar-refractivity contribution is 0.0956. The van der Waals surface area contributed by atoms with Crippen molar-refractivity contribution in [3.05, 3.63) is 65.6 Å². The maximum atomic E-state index is 12.2. The largest absolute Gasteiger partial charge is 0.460 e. The second-order valence-corrected chi connectivity index (χ2v) is 5.99. The minimum absolute atomic E-state index is 0.347. The van der Waals surface area contributed by atoms with Gasteiger partial charge in [-0.15, -0.1) is 11.3 Å². The number of thiophene rings is 1. The molecule has 6 heteroatoms. The molecule has 0 bridgehead atoms. The van der Waals surface area contributed by atoms with E-state index in [4.69, 9.17) is 10.2 Å². The van der Waals surface area contributed by atoms with E-state index in [0.29, 0.717) is 16.3 Å². The predicted molar refractivity (Wildman–Crippen MR) is 92.7 cm³/mol. The summed E-state index contributed by atoms with van der Waals surface area (Å²) in [7, 11) is 0. The number of benzene rings is 1. The first kappa shape index (κ1) is 15.1. The standard InChI is InChI=1S/C17H15N3O2S/c1-11-7-8-13(22-11)10-19-20-17(21)14-9-15(23-16(14)18)12-5-3-2-4-6-12/h2-10H,18H2,1H3,(H,20,21)/b19-10+. The van der Waals surface area contributed by atoms with Gasteiger partial charge in [0.15, 0.2) is 0 Å². The molecule has 0 atom stereocenters. The summed E-state index contributed by atoms with van der Waals surface area (Å²) >= 11 is 1.38. The van der Waals surface area contributed by atoms with Crippen molar-refractivity contribution in [3.8, 4) is 10.4 Å². The SMILES string of the molecule is Cc1ccc(/C=N/NC(=O)c2cc(-c3ccccc3)sc2N)o1. The molecule has 1 aromatic carbocycles. The van der Waals surface area contributed by atoms with Crippen molar-refractivity contribution in [2.45, 2.75) is 6.92 Å². The molecule has 116 valence electrons. The van der Waals surface area contributed by atoms with Crippen molar-refractivity contribution in [1.82, 2.24) is 5.43 Å². The third kappa shape index (κ3) is 3.49. The van der Waals surface area contributed by atoms with Gasteiger partial charge >= 0.3 is 0 Å². The van der Waals surface area contributed by atoms with Crippen molar-refractivity contribution in [3.63, 3.8) is 0 Å². The number of carbonyl (C=O) groups is 1. The number of carbonyl (C=O) groups excluding carboxylic acids is 1. The monoisotopic (exact) mass is 325 g/mol. The van der Waals surface area contributed by atoms with E-state index in [9.17, 15) is 4.79 Å². The van der Waals surface area contributed by atoms with E-state index >= 15 is 0 Å². The quantitative estimate of drug-likeness (QED) is 0.567. The van der Waals surface area contributed by atoms with Gasteiger partial charge < -0.3 is 10.2 Å². The van der Waals surface area contributed by atoms with E-state index in [2.05, 4.69) is 10.5 Å². The molecule has 0 saturated heterocycles. The van der Waals surface area contributed by atoms with Gasteiger partial charge in [0, 0.05) is 4.88 Å². The number of nitrogens with two attached hydrogens (primary N) is 1. The number of amides is 1. The van der Waals surface area contributed by atoms with Crippen LogP contribution in [0.4, 0.5) is 5.00 Å². The Hall–Kier alpha value is -2.86. The summed E-state index contributed by atoms with van der Waals surface area (Å²) in [5.74, 6) is 1.01. The Morgan fingerprint density at radius 1 is 1.26 bits per heavy atom. The predicted octanol–water partition coefficient (Wildman–Crippen LogP) is 3.66. The normalized spacial score (nSPS) is 11.0. The summed E-state index contributed by atoms with van der Waals surface area (Å²) in [6.45, 7) is 1.84. The first-order chi connectivity index (χ1) is 11.1. The molecule has 3 N–H and O–H groups in total. The lowest BCUT2D eigenvalue weighted by atomic mass is 10.1. The Kier molecular flexibility index (Phi) is 4.25. The Bertz CT molecular complexity index is 850. The van der Waals surface area contributed by atoms with Crippen LogP contribution in [-0.4, -0.2) is 12.1 Å². The minimum Gasteiger partial charge on any atom is -0.460 e. The van der Waals surface area contributed by atoms with Crippen molar-refractivity contribution in [2.75, 3.05) is 5.73 Å². The van der Waals surface area contributed by atoms with Crippen LogP contribution in [0, 0.1) is 6.92 Å². The van der Waals surface area contributed by atoms with E-state index < -0.39 is 0 Å². The van der Waals surface area contributed by atoms with Gasteiger partial charge in [-0.25, -0.2) is 5.43 Å². The molecule has 3 rings (SSSR count). The van der Waals surface area contributed by atoms with Crippen molar-refractivity contribution >= 4 is 28.5 Å². The van der Waals surface area contributed by atoms with E-state index in [1.807, 2.05) is 43.3 Å². The summed E-state index contributed by atoms with van der Waals surface area (Å²) < 4.78 is 5.33. The van der Waals surface area contributed by atoms with Crippen LogP contribution < -0.4 is 11.2 Å². The number of nitrogen functional groups attached to an aromatic ring is 1. The third-order valence-corrected chi connectivity index (χ3v) is 4.20. The fourth-order valence-corrected chi connectivity index (χ4v) is 2.99. The fraction of sp³-hybridized carbons (Fsp3) is 0.0588. The zero-order valence-corrected chi connectivity index (χ0v) is 13.3. The van der Waals surface area contributed by atoms with Crippen LogP contribution in [0.25, 0.3) is 10.4 Å². The molecule has 0 fully saturated rings. The number of hydrogen-bond acceptors (Lipinski definition) is 5. The van der Waals surface area contributed by atoms with Crippen molar-refractivity contribution < 1.29 is 9.21 Å². The van der Waals surface area contributed by atoms with Gasteiger partial charge in [0.25, 0.3) is 5.91 Å². The average Bonchev–Trinajstić information content (AvgIpc) is 3.14. The number of furan rings is 1. The van der Waals surface area contributed by atoms with Crippen LogP contribution >= 0.6 is 11.3 Å². The van der Waals surface area contributed by atoms with E-state index in [-0.39, 0.29) is 5.91 Å². The van der Waals surface area contributed by atoms with E-state index in [0.717, 1.165) is 16.2 Å². The van der Waals surface area contributed by atoms with Gasteiger partial charge in [0.1, 0.15) is 11.5 Å². The molecule has 0 radical (unpaired) electrons. The number of rotatable bonds is 4. The van der Waals surface area contributed by atoms with E-state index in [1.165, 1.54) is 17.6 Å². The van der Waals surface area contributed by atoms with Crippen LogP contribution in [0.3, 0.4) is 0 Å². The summed E-state index contributed by atoms with van der Waals surface area (Å²) in [5, 5.41) is 4.35. The number of nitrogens with zero attached hydrogens (tertiary/aromatic N) is 1. The Morgan fingerprint density at radius 3 is 2.74 bits per heavy atom. The summed E-state index contributed by atoms with van der Waals surface area (Å²) in [6, 6.07) is 15.2. The Labute approximate surface area is 137 Å². The lowest BCUT2D eigenvalue weighted by Gasteiger charge is -1.97. The first-order valence-electron chi connectivity index (χ1n) is 6.98.